The molecule has 2 heterocycles. The summed E-state index contributed by atoms with van der Waals surface area (Å²) in [4.78, 5) is 4.12. The molecule has 2 rings (SSSR count). The Hall–Kier alpha value is -0.420. The van der Waals surface area contributed by atoms with Gasteiger partial charge in [-0.15, -0.1) is 0 Å². The Labute approximate surface area is 78.4 Å². The first kappa shape index (κ1) is 8.19. The average Bonchev–Trinajstić information content (AvgIpc) is 2.54. The van der Waals surface area contributed by atoms with Gasteiger partial charge >= 0.3 is 0 Å². The SMILES string of the molecule is Brc1noc(C2CCOCC2)n1. The molecule has 0 aromatic carbocycles. The Morgan fingerprint density at radius 2 is 2.08 bits per heavy atom. The molecule has 0 unspecified atom stereocenters. The second kappa shape index (κ2) is 3.53. The number of ether oxygens (including phenoxy) is 1. The Balaban J connectivity index is 2.08. The normalized spacial score (nSPS) is 19.8. The van der Waals surface area contributed by atoms with Gasteiger partial charge in [0.2, 0.25) is 10.6 Å². The molecule has 0 saturated carbocycles. The molecule has 12 heavy (non-hydrogen) atoms. The van der Waals surface area contributed by atoms with Crippen molar-refractivity contribution in [2.45, 2.75) is 18.8 Å². The van der Waals surface area contributed by atoms with E-state index in [2.05, 4.69) is 26.1 Å². The maximum absolute atomic E-state index is 5.23. The van der Waals surface area contributed by atoms with Gasteiger partial charge in [0.25, 0.3) is 0 Å². The maximum atomic E-state index is 5.23. The zero-order valence-electron chi connectivity index (χ0n) is 6.49. The molecule has 1 aliphatic rings. The number of hydrogen-bond acceptors (Lipinski definition) is 4. The molecule has 1 aliphatic heterocycles. The Kier molecular flexibility index (Phi) is 2.41. The van der Waals surface area contributed by atoms with Crippen molar-refractivity contribution >= 4 is 15.9 Å². The summed E-state index contributed by atoms with van der Waals surface area (Å²) >= 11 is 3.15. The first-order valence-electron chi connectivity index (χ1n) is 3.93. The summed E-state index contributed by atoms with van der Waals surface area (Å²) in [6, 6.07) is 0. The van der Waals surface area contributed by atoms with Gasteiger partial charge in [-0.25, -0.2) is 0 Å². The summed E-state index contributed by atoms with van der Waals surface area (Å²) in [7, 11) is 0. The molecule has 0 N–H and O–H groups in total. The van der Waals surface area contributed by atoms with Crippen LogP contribution in [0.3, 0.4) is 0 Å². The van der Waals surface area contributed by atoms with E-state index in [0.29, 0.717) is 10.7 Å². The third kappa shape index (κ3) is 1.67. The summed E-state index contributed by atoms with van der Waals surface area (Å²) in [5.74, 6) is 1.11. The van der Waals surface area contributed by atoms with Crippen molar-refractivity contribution in [1.29, 1.82) is 0 Å². The van der Waals surface area contributed by atoms with Crippen LogP contribution in [0.25, 0.3) is 0 Å². The van der Waals surface area contributed by atoms with Crippen LogP contribution in [0.4, 0.5) is 0 Å². The van der Waals surface area contributed by atoms with Gasteiger partial charge in [-0.1, -0.05) is 0 Å². The highest BCUT2D eigenvalue weighted by Crippen LogP contribution is 2.25. The molecule has 1 aromatic heterocycles. The Morgan fingerprint density at radius 3 is 2.67 bits per heavy atom. The number of rotatable bonds is 1. The summed E-state index contributed by atoms with van der Waals surface area (Å²) in [6.45, 7) is 1.59. The highest BCUT2D eigenvalue weighted by molar-refractivity contribution is 9.10. The van der Waals surface area contributed by atoms with Crippen molar-refractivity contribution in [3.63, 3.8) is 0 Å². The summed E-state index contributed by atoms with van der Waals surface area (Å²) in [5.41, 5.74) is 0. The third-order valence-electron chi connectivity index (χ3n) is 1.99. The molecule has 0 spiro atoms. The minimum atomic E-state index is 0.387. The molecule has 1 fully saturated rings. The lowest BCUT2D eigenvalue weighted by atomic mass is 10.0. The van der Waals surface area contributed by atoms with Crippen LogP contribution in [0.15, 0.2) is 9.26 Å². The van der Waals surface area contributed by atoms with Crippen LogP contribution < -0.4 is 0 Å². The third-order valence-corrected chi connectivity index (χ3v) is 2.31. The van der Waals surface area contributed by atoms with Gasteiger partial charge in [0.15, 0.2) is 0 Å². The van der Waals surface area contributed by atoms with E-state index >= 15 is 0 Å². The van der Waals surface area contributed by atoms with E-state index in [1.165, 1.54) is 0 Å². The standard InChI is InChI=1S/C7H9BrN2O2/c8-7-9-6(12-10-7)5-1-3-11-4-2-5/h5H,1-4H2. The van der Waals surface area contributed by atoms with E-state index in [1.807, 2.05) is 0 Å². The summed E-state index contributed by atoms with van der Waals surface area (Å²) in [6.07, 6.45) is 1.96. The zero-order chi connectivity index (χ0) is 8.39. The monoisotopic (exact) mass is 232 g/mol. The number of halogens is 1. The molecular weight excluding hydrogens is 224 g/mol. The van der Waals surface area contributed by atoms with Crippen molar-refractivity contribution in [3.05, 3.63) is 10.6 Å². The molecule has 4 nitrogen and oxygen atoms in total. The molecule has 0 amide bonds. The van der Waals surface area contributed by atoms with Crippen LogP contribution in [-0.2, 0) is 4.74 Å². The topological polar surface area (TPSA) is 48.2 Å². The van der Waals surface area contributed by atoms with E-state index < -0.39 is 0 Å². The van der Waals surface area contributed by atoms with Crippen LogP contribution in [-0.4, -0.2) is 23.4 Å². The summed E-state index contributed by atoms with van der Waals surface area (Å²) < 4.78 is 10.8. The number of nitrogens with zero attached hydrogens (tertiary/aromatic N) is 2. The minimum Gasteiger partial charge on any atom is -0.381 e. The largest absolute Gasteiger partial charge is 0.381 e. The second-order valence-electron chi connectivity index (χ2n) is 2.79. The first-order valence-corrected chi connectivity index (χ1v) is 4.72. The van der Waals surface area contributed by atoms with Crippen LogP contribution in [0, 0.1) is 0 Å². The molecule has 66 valence electrons. The predicted molar refractivity (Wildman–Crippen MR) is 44.8 cm³/mol. The van der Waals surface area contributed by atoms with Crippen LogP contribution in [0.1, 0.15) is 24.7 Å². The van der Waals surface area contributed by atoms with Crippen LogP contribution in [0.2, 0.25) is 0 Å². The molecule has 5 heteroatoms. The van der Waals surface area contributed by atoms with Gasteiger partial charge in [-0.3, -0.25) is 0 Å². The molecule has 1 saturated heterocycles. The highest BCUT2D eigenvalue weighted by Gasteiger charge is 2.21. The molecule has 0 aliphatic carbocycles. The Bertz CT molecular complexity index is 258. The average molecular weight is 233 g/mol. The molecule has 1 aromatic rings. The van der Waals surface area contributed by atoms with Gasteiger partial charge in [-0.2, -0.15) is 4.98 Å². The fourth-order valence-corrected chi connectivity index (χ4v) is 1.57. The van der Waals surface area contributed by atoms with Crippen molar-refractivity contribution in [3.8, 4) is 0 Å². The van der Waals surface area contributed by atoms with Gasteiger partial charge in [0, 0.05) is 19.1 Å². The van der Waals surface area contributed by atoms with E-state index in [-0.39, 0.29) is 0 Å². The second-order valence-corrected chi connectivity index (χ2v) is 3.50. The Morgan fingerprint density at radius 1 is 1.33 bits per heavy atom. The van der Waals surface area contributed by atoms with Crippen molar-refractivity contribution < 1.29 is 9.26 Å². The van der Waals surface area contributed by atoms with E-state index in [1.54, 1.807) is 0 Å². The fraction of sp³-hybridized carbons (Fsp3) is 0.714. The van der Waals surface area contributed by atoms with E-state index in [0.717, 1.165) is 31.9 Å². The quantitative estimate of drug-likeness (QED) is 0.740. The lowest BCUT2D eigenvalue weighted by Gasteiger charge is -2.17. The van der Waals surface area contributed by atoms with Gasteiger partial charge in [-0.05, 0) is 33.9 Å². The van der Waals surface area contributed by atoms with Crippen LogP contribution >= 0.6 is 15.9 Å². The highest BCUT2D eigenvalue weighted by atomic mass is 79.9. The zero-order valence-corrected chi connectivity index (χ0v) is 8.08. The molecular formula is C7H9BrN2O2. The lowest BCUT2D eigenvalue weighted by molar-refractivity contribution is 0.0778. The van der Waals surface area contributed by atoms with Gasteiger partial charge < -0.3 is 9.26 Å². The summed E-state index contributed by atoms with van der Waals surface area (Å²) in [5, 5.41) is 3.68. The van der Waals surface area contributed by atoms with Crippen molar-refractivity contribution in [2.75, 3.05) is 13.2 Å². The molecule has 0 bridgehead atoms. The van der Waals surface area contributed by atoms with Crippen molar-refractivity contribution in [2.24, 2.45) is 0 Å². The van der Waals surface area contributed by atoms with E-state index in [9.17, 15) is 0 Å². The molecule has 0 atom stereocenters. The maximum Gasteiger partial charge on any atom is 0.238 e. The van der Waals surface area contributed by atoms with E-state index in [4.69, 9.17) is 9.26 Å². The predicted octanol–water partition coefficient (Wildman–Crippen LogP) is 1.73. The smallest absolute Gasteiger partial charge is 0.238 e. The molecule has 0 radical (unpaired) electrons. The minimum absolute atomic E-state index is 0.387. The van der Waals surface area contributed by atoms with Gasteiger partial charge in [0.1, 0.15) is 0 Å². The fourth-order valence-electron chi connectivity index (χ4n) is 1.33. The van der Waals surface area contributed by atoms with Crippen molar-refractivity contribution in [1.82, 2.24) is 10.1 Å². The number of aromatic nitrogens is 2. The first-order chi connectivity index (χ1) is 5.86. The van der Waals surface area contributed by atoms with Gasteiger partial charge in [0.05, 0.1) is 0 Å². The van der Waals surface area contributed by atoms with Crippen LogP contribution in [0.5, 0.6) is 0 Å². The number of hydrogen-bond donors (Lipinski definition) is 0. The lowest BCUT2D eigenvalue weighted by Crippen LogP contribution is -2.14.